The molecule has 0 spiro atoms. The Balaban J connectivity index is 2.53. The summed E-state index contributed by atoms with van der Waals surface area (Å²) in [7, 11) is 8.03. The average molecular weight is 220 g/mol. The maximum Gasteiger partial charge on any atom is 0.201 e. The molecule has 6 heteroatoms. The average Bonchev–Trinajstić information content (AvgIpc) is 2.61. The quantitative estimate of drug-likeness (QED) is 0.701. The molecule has 0 saturated heterocycles. The molecule has 0 amide bonds. The van der Waals surface area contributed by atoms with Crippen molar-refractivity contribution in [2.45, 2.75) is 6.29 Å². The summed E-state index contributed by atoms with van der Waals surface area (Å²) < 4.78 is 1.86. The number of pyridine rings is 1. The highest BCUT2D eigenvalue weighted by Gasteiger charge is 2.19. The Morgan fingerprint density at radius 1 is 1.19 bits per heavy atom. The highest BCUT2D eigenvalue weighted by molar-refractivity contribution is 5.69. The Labute approximate surface area is 94.5 Å². The van der Waals surface area contributed by atoms with Gasteiger partial charge in [-0.05, 0) is 40.3 Å². The van der Waals surface area contributed by atoms with Crippen LogP contribution in [0.1, 0.15) is 6.29 Å². The van der Waals surface area contributed by atoms with E-state index in [-0.39, 0.29) is 6.29 Å². The highest BCUT2D eigenvalue weighted by Crippen LogP contribution is 2.16. The summed E-state index contributed by atoms with van der Waals surface area (Å²) in [6.07, 6.45) is 1.76. The van der Waals surface area contributed by atoms with Crippen LogP contribution in [0.15, 0.2) is 18.3 Å². The minimum Gasteiger partial charge on any atom is -0.275 e. The Hall–Kier alpha value is -1.53. The van der Waals surface area contributed by atoms with Gasteiger partial charge < -0.3 is 0 Å². The summed E-state index contributed by atoms with van der Waals surface area (Å²) in [6.45, 7) is 0. The van der Waals surface area contributed by atoms with Gasteiger partial charge in [0.25, 0.3) is 0 Å². The van der Waals surface area contributed by atoms with E-state index in [0.717, 1.165) is 5.52 Å². The van der Waals surface area contributed by atoms with Crippen molar-refractivity contribution in [3.05, 3.63) is 18.3 Å². The number of aromatic nitrogens is 4. The Bertz CT molecular complexity index is 467. The topological polar surface area (TPSA) is 50.1 Å². The zero-order valence-corrected chi connectivity index (χ0v) is 9.99. The summed E-state index contributed by atoms with van der Waals surface area (Å²) >= 11 is 0. The highest BCUT2D eigenvalue weighted by atomic mass is 15.6. The monoisotopic (exact) mass is 220 g/mol. The van der Waals surface area contributed by atoms with Gasteiger partial charge in [-0.1, -0.05) is 5.21 Å². The van der Waals surface area contributed by atoms with Gasteiger partial charge in [-0.15, -0.1) is 5.10 Å². The molecule has 0 N–H and O–H groups in total. The minimum absolute atomic E-state index is 0.0363. The molecule has 2 rings (SSSR count). The van der Waals surface area contributed by atoms with Crippen LogP contribution in [0.2, 0.25) is 0 Å². The standard InChI is InChI=1S/C10H16N6/c1-14(2)10(15(3)4)16-8-6-5-7-11-9(8)12-13-16/h5-7,10H,1-4H3. The molecule has 2 aromatic rings. The van der Waals surface area contributed by atoms with Crippen molar-refractivity contribution in [1.82, 2.24) is 29.8 Å². The van der Waals surface area contributed by atoms with Crippen LogP contribution >= 0.6 is 0 Å². The largest absolute Gasteiger partial charge is 0.275 e. The van der Waals surface area contributed by atoms with Crippen molar-refractivity contribution in [2.24, 2.45) is 0 Å². The molecule has 2 heterocycles. The SMILES string of the molecule is CN(C)C(N(C)C)n1nnc2ncccc21. The molecule has 16 heavy (non-hydrogen) atoms. The van der Waals surface area contributed by atoms with Crippen LogP contribution in [0.5, 0.6) is 0 Å². The lowest BCUT2D eigenvalue weighted by atomic mass is 10.4. The molecule has 0 unspecified atom stereocenters. The molecule has 86 valence electrons. The Morgan fingerprint density at radius 2 is 1.88 bits per heavy atom. The van der Waals surface area contributed by atoms with E-state index in [1.54, 1.807) is 6.20 Å². The fourth-order valence-electron chi connectivity index (χ4n) is 1.85. The van der Waals surface area contributed by atoms with Crippen molar-refractivity contribution >= 4 is 11.2 Å². The van der Waals surface area contributed by atoms with Crippen LogP contribution in [0.25, 0.3) is 11.2 Å². The number of fused-ring (bicyclic) bond motifs is 1. The van der Waals surface area contributed by atoms with Crippen molar-refractivity contribution < 1.29 is 0 Å². The third-order valence-corrected chi connectivity index (χ3v) is 2.39. The zero-order chi connectivity index (χ0) is 11.7. The molecule has 0 aliphatic heterocycles. The third kappa shape index (κ3) is 1.77. The lowest BCUT2D eigenvalue weighted by Crippen LogP contribution is -2.37. The van der Waals surface area contributed by atoms with Crippen LogP contribution in [-0.2, 0) is 0 Å². The van der Waals surface area contributed by atoms with Crippen LogP contribution in [-0.4, -0.2) is 58.0 Å². The third-order valence-electron chi connectivity index (χ3n) is 2.39. The molecular weight excluding hydrogens is 204 g/mol. The Kier molecular flexibility index (Phi) is 2.84. The van der Waals surface area contributed by atoms with E-state index in [9.17, 15) is 0 Å². The first-order valence-corrected chi connectivity index (χ1v) is 5.10. The van der Waals surface area contributed by atoms with Gasteiger partial charge in [-0.2, -0.15) is 0 Å². The molecule has 0 fully saturated rings. The summed E-state index contributed by atoms with van der Waals surface area (Å²) in [5.74, 6) is 0. The van der Waals surface area contributed by atoms with Crippen LogP contribution in [0.4, 0.5) is 0 Å². The minimum atomic E-state index is 0.0363. The first-order chi connectivity index (χ1) is 7.61. The number of rotatable bonds is 3. The van der Waals surface area contributed by atoms with E-state index in [2.05, 4.69) is 25.1 Å². The molecule has 0 aliphatic rings. The van der Waals surface area contributed by atoms with Gasteiger partial charge in [0.2, 0.25) is 5.65 Å². The zero-order valence-electron chi connectivity index (χ0n) is 9.99. The molecule has 0 radical (unpaired) electrons. The second kappa shape index (κ2) is 4.15. The van der Waals surface area contributed by atoms with E-state index < -0.39 is 0 Å². The first-order valence-electron chi connectivity index (χ1n) is 5.10. The normalized spacial score (nSPS) is 12.2. The van der Waals surface area contributed by atoms with Gasteiger partial charge >= 0.3 is 0 Å². The second-order valence-electron chi connectivity index (χ2n) is 4.15. The van der Waals surface area contributed by atoms with E-state index in [1.165, 1.54) is 0 Å². The smallest absolute Gasteiger partial charge is 0.201 e. The lowest BCUT2D eigenvalue weighted by Gasteiger charge is -2.30. The number of hydrogen-bond acceptors (Lipinski definition) is 5. The van der Waals surface area contributed by atoms with Crippen LogP contribution in [0, 0.1) is 0 Å². The van der Waals surface area contributed by atoms with Gasteiger partial charge in [-0.3, -0.25) is 9.80 Å². The lowest BCUT2D eigenvalue weighted by molar-refractivity contribution is 0.0540. The van der Waals surface area contributed by atoms with Crippen LogP contribution < -0.4 is 0 Å². The summed E-state index contributed by atoms with van der Waals surface area (Å²) in [5, 5.41) is 8.21. The molecule has 0 aromatic carbocycles. The van der Waals surface area contributed by atoms with E-state index in [0.29, 0.717) is 5.65 Å². The fraction of sp³-hybridized carbons (Fsp3) is 0.500. The summed E-state index contributed by atoms with van der Waals surface area (Å²) in [5.41, 5.74) is 1.62. The first kappa shape index (κ1) is 11.0. The fourth-order valence-corrected chi connectivity index (χ4v) is 1.85. The molecule has 0 bridgehead atoms. The van der Waals surface area contributed by atoms with Crippen molar-refractivity contribution in [2.75, 3.05) is 28.2 Å². The van der Waals surface area contributed by atoms with E-state index >= 15 is 0 Å². The maximum atomic E-state index is 4.17. The molecule has 6 nitrogen and oxygen atoms in total. The summed E-state index contributed by atoms with van der Waals surface area (Å²) in [4.78, 5) is 8.31. The van der Waals surface area contributed by atoms with Gasteiger partial charge in [0.05, 0.1) is 0 Å². The predicted octanol–water partition coefficient (Wildman–Crippen LogP) is 0.406. The Morgan fingerprint density at radius 3 is 2.50 bits per heavy atom. The van der Waals surface area contributed by atoms with E-state index in [4.69, 9.17) is 0 Å². The van der Waals surface area contributed by atoms with Crippen molar-refractivity contribution in [3.8, 4) is 0 Å². The number of hydrogen-bond donors (Lipinski definition) is 0. The van der Waals surface area contributed by atoms with Crippen LogP contribution in [0.3, 0.4) is 0 Å². The van der Waals surface area contributed by atoms with Gasteiger partial charge in [0.1, 0.15) is 5.52 Å². The van der Waals surface area contributed by atoms with Gasteiger partial charge in [0, 0.05) is 6.20 Å². The molecule has 0 saturated carbocycles. The van der Waals surface area contributed by atoms with Crippen molar-refractivity contribution in [1.29, 1.82) is 0 Å². The molecule has 0 aliphatic carbocycles. The molecular formula is C10H16N6. The molecule has 0 atom stereocenters. The van der Waals surface area contributed by atoms with E-state index in [1.807, 2.05) is 45.0 Å². The van der Waals surface area contributed by atoms with Gasteiger partial charge in [-0.25, -0.2) is 9.67 Å². The summed E-state index contributed by atoms with van der Waals surface area (Å²) in [6, 6.07) is 3.87. The number of nitrogens with zero attached hydrogens (tertiary/aromatic N) is 6. The molecule has 2 aromatic heterocycles. The second-order valence-corrected chi connectivity index (χ2v) is 4.15. The predicted molar refractivity (Wildman–Crippen MR) is 61.7 cm³/mol. The maximum absolute atomic E-state index is 4.17. The van der Waals surface area contributed by atoms with Crippen molar-refractivity contribution in [3.63, 3.8) is 0 Å². The van der Waals surface area contributed by atoms with Gasteiger partial charge in [0.15, 0.2) is 6.29 Å².